The fourth-order valence-corrected chi connectivity index (χ4v) is 5.67. The molecule has 1 amide bonds. The number of amides is 1. The Kier molecular flexibility index (Phi) is 8.83. The van der Waals surface area contributed by atoms with E-state index in [9.17, 15) is 4.79 Å². The Morgan fingerprint density at radius 3 is 2.49 bits per heavy atom. The van der Waals surface area contributed by atoms with E-state index in [1.165, 1.54) is 5.56 Å². The number of tetrazole rings is 1. The van der Waals surface area contributed by atoms with E-state index in [1.54, 1.807) is 0 Å². The van der Waals surface area contributed by atoms with E-state index in [-0.39, 0.29) is 11.8 Å². The van der Waals surface area contributed by atoms with Gasteiger partial charge >= 0.3 is 0 Å². The topological polar surface area (TPSA) is 101 Å². The van der Waals surface area contributed by atoms with Crippen LogP contribution in [0.5, 0.6) is 0 Å². The lowest BCUT2D eigenvalue weighted by Crippen LogP contribution is -2.25. The van der Waals surface area contributed by atoms with E-state index in [0.717, 1.165) is 64.1 Å². The number of nitrogens with one attached hydrogen (secondary N) is 2. The van der Waals surface area contributed by atoms with Gasteiger partial charge < -0.3 is 9.88 Å². The zero-order valence-corrected chi connectivity index (χ0v) is 24.9. The second kappa shape index (κ2) is 12.7. The van der Waals surface area contributed by atoms with Gasteiger partial charge in [0.15, 0.2) is 0 Å². The molecule has 0 aliphatic heterocycles. The summed E-state index contributed by atoms with van der Waals surface area (Å²) in [6, 6.07) is 20.7. The van der Waals surface area contributed by atoms with E-state index in [2.05, 4.69) is 107 Å². The van der Waals surface area contributed by atoms with Gasteiger partial charge in [-0.1, -0.05) is 69.3 Å². The number of thiol groups is 1. The standard InChI is InChI=1S/C32H37N7OS/c1-5-8-29-34-30-21(4)16-25(33-32(40)24(19-41)15-20(2)3)17-28(30)39(29)18-22-11-13-23(14-12-22)26-9-6-7-10-27(26)31-35-37-38-36-31/h6-7,9-14,16-17,20,24,41H,5,8,15,18-19H2,1-4H3,(H,33,40)(H,35,36,37,38). The Morgan fingerprint density at radius 2 is 1.83 bits per heavy atom. The molecule has 0 spiro atoms. The van der Waals surface area contributed by atoms with E-state index >= 15 is 0 Å². The third-order valence-electron chi connectivity index (χ3n) is 7.33. The summed E-state index contributed by atoms with van der Waals surface area (Å²) < 4.78 is 2.29. The normalized spacial score (nSPS) is 12.2. The number of hydrogen-bond acceptors (Lipinski definition) is 6. The van der Waals surface area contributed by atoms with Crippen LogP contribution in [-0.4, -0.2) is 41.8 Å². The van der Waals surface area contributed by atoms with Gasteiger partial charge in [-0.2, -0.15) is 17.8 Å². The van der Waals surface area contributed by atoms with Crippen LogP contribution in [0.4, 0.5) is 5.69 Å². The first-order valence-electron chi connectivity index (χ1n) is 14.2. The number of imidazole rings is 1. The van der Waals surface area contributed by atoms with Crippen LogP contribution in [0.2, 0.25) is 0 Å². The number of hydrogen-bond donors (Lipinski definition) is 3. The third-order valence-corrected chi connectivity index (χ3v) is 7.77. The Bertz CT molecular complexity index is 1620. The van der Waals surface area contributed by atoms with Gasteiger partial charge in [0.25, 0.3) is 0 Å². The molecule has 5 aromatic rings. The first-order valence-corrected chi connectivity index (χ1v) is 14.8. The summed E-state index contributed by atoms with van der Waals surface area (Å²) in [5.74, 6) is 2.47. The van der Waals surface area contributed by atoms with Crippen molar-refractivity contribution in [2.45, 2.75) is 53.5 Å². The molecule has 0 fully saturated rings. The smallest absolute Gasteiger partial charge is 0.228 e. The number of benzene rings is 3. The van der Waals surface area contributed by atoms with Crippen molar-refractivity contribution in [3.63, 3.8) is 0 Å². The second-order valence-electron chi connectivity index (χ2n) is 11.0. The van der Waals surface area contributed by atoms with Crippen molar-refractivity contribution in [2.24, 2.45) is 11.8 Å². The SMILES string of the molecule is CCCc1nc2c(C)cc(NC(=O)C(CS)CC(C)C)cc2n1Cc1ccc(-c2ccccc2-c2nn[nH]n2)cc1. The zero-order chi connectivity index (χ0) is 28.9. The van der Waals surface area contributed by atoms with Crippen LogP contribution >= 0.6 is 12.6 Å². The summed E-state index contributed by atoms with van der Waals surface area (Å²) in [6.45, 7) is 9.18. The molecular formula is C32H37N7OS. The van der Waals surface area contributed by atoms with Gasteiger partial charge in [0.2, 0.25) is 11.7 Å². The molecule has 41 heavy (non-hydrogen) atoms. The number of H-pyrrole nitrogens is 1. The molecule has 0 aliphatic carbocycles. The minimum absolute atomic E-state index is 0.0176. The molecule has 1 unspecified atom stereocenters. The van der Waals surface area contributed by atoms with Crippen LogP contribution in [0.15, 0.2) is 60.7 Å². The number of anilines is 1. The first-order chi connectivity index (χ1) is 19.9. The molecule has 0 bridgehead atoms. The first kappa shape index (κ1) is 28.5. The number of nitrogens with zero attached hydrogens (tertiary/aromatic N) is 5. The Labute approximate surface area is 246 Å². The van der Waals surface area contributed by atoms with Crippen LogP contribution in [0, 0.1) is 18.8 Å². The maximum absolute atomic E-state index is 13.1. The van der Waals surface area contributed by atoms with Crippen molar-refractivity contribution in [1.82, 2.24) is 30.2 Å². The average molecular weight is 568 g/mol. The molecule has 0 aliphatic rings. The summed E-state index contributed by atoms with van der Waals surface area (Å²) in [4.78, 5) is 18.1. The van der Waals surface area contributed by atoms with Crippen LogP contribution in [-0.2, 0) is 17.8 Å². The largest absolute Gasteiger partial charge is 0.326 e. The van der Waals surface area contributed by atoms with Crippen molar-refractivity contribution in [3.8, 4) is 22.5 Å². The van der Waals surface area contributed by atoms with E-state index in [0.29, 0.717) is 24.0 Å². The number of aromatic amines is 1. The Balaban J connectivity index is 1.45. The van der Waals surface area contributed by atoms with Crippen LogP contribution in [0.3, 0.4) is 0 Å². The Morgan fingerprint density at radius 1 is 1.07 bits per heavy atom. The molecule has 8 nitrogen and oxygen atoms in total. The zero-order valence-electron chi connectivity index (χ0n) is 24.1. The second-order valence-corrected chi connectivity index (χ2v) is 11.4. The van der Waals surface area contributed by atoms with Crippen molar-refractivity contribution < 1.29 is 4.79 Å². The highest BCUT2D eigenvalue weighted by atomic mass is 32.1. The highest BCUT2D eigenvalue weighted by Gasteiger charge is 2.20. The van der Waals surface area contributed by atoms with Gasteiger partial charge in [0.1, 0.15) is 5.82 Å². The van der Waals surface area contributed by atoms with Crippen LogP contribution in [0.1, 0.15) is 50.6 Å². The Hall–Kier alpha value is -3.98. The molecule has 5 rings (SSSR count). The summed E-state index contributed by atoms with van der Waals surface area (Å²) >= 11 is 4.44. The van der Waals surface area contributed by atoms with E-state index < -0.39 is 0 Å². The molecule has 2 heterocycles. The lowest BCUT2D eigenvalue weighted by Gasteiger charge is -2.17. The maximum Gasteiger partial charge on any atom is 0.228 e. The number of aromatic nitrogens is 6. The molecule has 2 aromatic heterocycles. The lowest BCUT2D eigenvalue weighted by molar-refractivity contribution is -0.119. The van der Waals surface area contributed by atoms with Crippen molar-refractivity contribution >= 4 is 35.3 Å². The van der Waals surface area contributed by atoms with Crippen LogP contribution < -0.4 is 5.32 Å². The fourth-order valence-electron chi connectivity index (χ4n) is 5.36. The molecule has 9 heteroatoms. The maximum atomic E-state index is 13.1. The van der Waals surface area contributed by atoms with Crippen LogP contribution in [0.25, 0.3) is 33.5 Å². The average Bonchev–Trinajstić information content (AvgIpc) is 3.62. The number of fused-ring (bicyclic) bond motifs is 1. The van der Waals surface area contributed by atoms with Gasteiger partial charge in [-0.25, -0.2) is 4.98 Å². The summed E-state index contributed by atoms with van der Waals surface area (Å²) in [5, 5.41) is 17.8. The minimum Gasteiger partial charge on any atom is -0.326 e. The molecule has 0 saturated heterocycles. The van der Waals surface area contributed by atoms with Gasteiger partial charge in [0.05, 0.1) is 11.0 Å². The molecule has 0 radical (unpaired) electrons. The quantitative estimate of drug-likeness (QED) is 0.154. The summed E-state index contributed by atoms with van der Waals surface area (Å²) in [5.41, 5.74) is 8.08. The van der Waals surface area contributed by atoms with Gasteiger partial charge in [-0.05, 0) is 65.3 Å². The van der Waals surface area contributed by atoms with Gasteiger partial charge in [-0.3, -0.25) is 4.79 Å². The van der Waals surface area contributed by atoms with E-state index in [4.69, 9.17) is 4.98 Å². The number of carbonyl (C=O) groups is 1. The third kappa shape index (κ3) is 6.35. The predicted octanol–water partition coefficient (Wildman–Crippen LogP) is 6.72. The van der Waals surface area contributed by atoms with Crippen molar-refractivity contribution in [3.05, 3.63) is 77.6 Å². The molecule has 2 N–H and O–H groups in total. The van der Waals surface area contributed by atoms with Gasteiger partial charge in [-0.15, -0.1) is 10.2 Å². The highest BCUT2D eigenvalue weighted by molar-refractivity contribution is 7.80. The molecule has 212 valence electrons. The highest BCUT2D eigenvalue weighted by Crippen LogP contribution is 2.31. The van der Waals surface area contributed by atoms with Crippen molar-refractivity contribution in [1.29, 1.82) is 0 Å². The summed E-state index contributed by atoms with van der Waals surface area (Å²) in [6.07, 6.45) is 2.68. The minimum atomic E-state index is -0.126. The van der Waals surface area contributed by atoms with Crippen molar-refractivity contribution in [2.75, 3.05) is 11.1 Å². The monoisotopic (exact) mass is 567 g/mol. The fraction of sp³-hybridized carbons (Fsp3) is 0.344. The number of aryl methyl sites for hydroxylation is 2. The predicted molar refractivity (Wildman–Crippen MR) is 168 cm³/mol. The molecule has 0 saturated carbocycles. The van der Waals surface area contributed by atoms with E-state index in [1.807, 2.05) is 24.3 Å². The molecule has 1 atom stereocenters. The molecular weight excluding hydrogens is 530 g/mol. The van der Waals surface area contributed by atoms with Gasteiger partial charge in [0, 0.05) is 35.9 Å². The number of carbonyl (C=O) groups excluding carboxylic acids is 1. The summed E-state index contributed by atoms with van der Waals surface area (Å²) in [7, 11) is 0. The number of rotatable bonds is 11. The molecule has 3 aromatic carbocycles. The lowest BCUT2D eigenvalue weighted by atomic mass is 9.98.